The van der Waals surface area contributed by atoms with E-state index in [1.165, 1.54) is 0 Å². The van der Waals surface area contributed by atoms with E-state index in [1.54, 1.807) is 0 Å². The van der Waals surface area contributed by atoms with Crippen molar-refractivity contribution in [1.29, 1.82) is 0 Å². The molecule has 0 aliphatic carbocycles. The van der Waals surface area contributed by atoms with Gasteiger partial charge >= 0.3 is 0 Å². The van der Waals surface area contributed by atoms with Crippen molar-refractivity contribution in [2.24, 2.45) is 0 Å². The van der Waals surface area contributed by atoms with Crippen LogP contribution in [0.25, 0.3) is 0 Å². The number of benzene rings is 2. The second-order valence-corrected chi connectivity index (χ2v) is 4.95. The highest BCUT2D eigenvalue weighted by Crippen LogP contribution is 2.39. The lowest BCUT2D eigenvalue weighted by molar-refractivity contribution is -0.111. The number of carbonyl (C=O) groups is 1. The third-order valence-electron chi connectivity index (χ3n) is 2.61. The minimum Gasteiger partial charge on any atom is -0.284 e. The molecule has 0 aliphatic heterocycles. The molecule has 0 N–H and O–H groups in total. The molecule has 0 saturated carbocycles. The molecule has 0 unspecified atom stereocenters. The summed E-state index contributed by atoms with van der Waals surface area (Å²) in [5.74, 6) is 0. The number of alkyl halides is 1. The maximum atomic E-state index is 11.9. The van der Waals surface area contributed by atoms with Crippen molar-refractivity contribution in [3.05, 3.63) is 71.8 Å². The standard InChI is InChI=1S/C14H10BrClO/c15-13(17)14(16,11-7-3-1-4-8-11)12-9-5-2-6-10-12/h1-10H. The van der Waals surface area contributed by atoms with Gasteiger partial charge in [0.05, 0.1) is 0 Å². The quantitative estimate of drug-likeness (QED) is 0.616. The summed E-state index contributed by atoms with van der Waals surface area (Å²) in [5, 5.41) is 0. The van der Waals surface area contributed by atoms with Crippen molar-refractivity contribution in [3.63, 3.8) is 0 Å². The van der Waals surface area contributed by atoms with E-state index in [2.05, 4.69) is 15.9 Å². The normalized spacial score (nSPS) is 11.2. The minimum atomic E-state index is -1.16. The predicted octanol–water partition coefficient (Wildman–Crippen LogP) is 4.09. The molecule has 0 aromatic heterocycles. The number of carbonyl (C=O) groups excluding carboxylic acids is 1. The van der Waals surface area contributed by atoms with Crippen molar-refractivity contribution in [2.75, 3.05) is 0 Å². The average Bonchev–Trinajstić information content (AvgIpc) is 2.39. The van der Waals surface area contributed by atoms with Gasteiger partial charge in [-0.05, 0) is 27.1 Å². The van der Waals surface area contributed by atoms with E-state index in [-0.39, 0.29) is 4.69 Å². The van der Waals surface area contributed by atoms with Crippen molar-refractivity contribution < 1.29 is 4.79 Å². The van der Waals surface area contributed by atoms with Crippen molar-refractivity contribution >= 4 is 32.2 Å². The summed E-state index contributed by atoms with van der Waals surface area (Å²) in [5.41, 5.74) is 1.52. The molecule has 0 atom stereocenters. The van der Waals surface area contributed by atoms with Gasteiger partial charge in [0, 0.05) is 0 Å². The molecule has 0 saturated heterocycles. The molecule has 0 spiro atoms. The average molecular weight is 310 g/mol. The minimum absolute atomic E-state index is 0.260. The van der Waals surface area contributed by atoms with Crippen LogP contribution in [0.3, 0.4) is 0 Å². The van der Waals surface area contributed by atoms with E-state index >= 15 is 0 Å². The smallest absolute Gasteiger partial charge is 0.227 e. The Kier molecular flexibility index (Phi) is 3.65. The molecule has 0 heterocycles. The number of rotatable bonds is 3. The zero-order valence-corrected chi connectivity index (χ0v) is 11.3. The molecule has 2 aromatic carbocycles. The zero-order valence-electron chi connectivity index (χ0n) is 8.94. The summed E-state index contributed by atoms with van der Waals surface area (Å²) >= 11 is 9.53. The summed E-state index contributed by atoms with van der Waals surface area (Å²) in [6, 6.07) is 18.6. The highest BCUT2D eigenvalue weighted by molar-refractivity contribution is 9.18. The maximum absolute atomic E-state index is 11.9. The Hall–Kier alpha value is -1.12. The van der Waals surface area contributed by atoms with Crippen LogP contribution in [0.5, 0.6) is 0 Å². The van der Waals surface area contributed by atoms with Gasteiger partial charge in [-0.2, -0.15) is 0 Å². The molecular weight excluding hydrogens is 300 g/mol. The van der Waals surface area contributed by atoms with Gasteiger partial charge in [0.1, 0.15) is 0 Å². The molecule has 0 fully saturated rings. The Morgan fingerprint density at radius 1 is 0.882 bits per heavy atom. The summed E-state index contributed by atoms with van der Waals surface area (Å²) in [6.07, 6.45) is 0. The first-order chi connectivity index (χ1) is 8.15. The number of hydrogen-bond acceptors (Lipinski definition) is 1. The van der Waals surface area contributed by atoms with Crippen LogP contribution in [0, 0.1) is 0 Å². The van der Waals surface area contributed by atoms with Gasteiger partial charge in [-0.3, -0.25) is 4.79 Å². The molecule has 17 heavy (non-hydrogen) atoms. The van der Waals surface area contributed by atoms with Gasteiger partial charge in [-0.1, -0.05) is 72.3 Å². The summed E-state index contributed by atoms with van der Waals surface area (Å²) in [6.45, 7) is 0. The van der Waals surface area contributed by atoms with Crippen molar-refractivity contribution in [2.45, 2.75) is 4.87 Å². The second kappa shape index (κ2) is 5.03. The largest absolute Gasteiger partial charge is 0.284 e. The van der Waals surface area contributed by atoms with Crippen LogP contribution in [0.15, 0.2) is 60.7 Å². The van der Waals surface area contributed by atoms with Crippen LogP contribution in [-0.2, 0) is 9.67 Å². The Balaban J connectivity index is 2.59. The lowest BCUT2D eigenvalue weighted by Gasteiger charge is -2.24. The summed E-state index contributed by atoms with van der Waals surface area (Å²) in [4.78, 5) is 10.7. The van der Waals surface area contributed by atoms with Crippen LogP contribution in [-0.4, -0.2) is 4.69 Å². The number of hydrogen-bond donors (Lipinski definition) is 0. The summed E-state index contributed by atoms with van der Waals surface area (Å²) < 4.78 is -0.260. The molecule has 3 heteroatoms. The van der Waals surface area contributed by atoms with Crippen LogP contribution < -0.4 is 0 Å². The number of halogens is 2. The molecule has 2 aromatic rings. The molecular formula is C14H10BrClO. The van der Waals surface area contributed by atoms with Crippen molar-refractivity contribution in [3.8, 4) is 0 Å². The second-order valence-electron chi connectivity index (χ2n) is 3.66. The van der Waals surface area contributed by atoms with Gasteiger partial charge in [0.25, 0.3) is 0 Å². The molecule has 0 bridgehead atoms. The predicted molar refractivity (Wildman–Crippen MR) is 73.5 cm³/mol. The van der Waals surface area contributed by atoms with Gasteiger partial charge in [-0.15, -0.1) is 0 Å². The Bertz CT molecular complexity index is 471. The molecule has 2 rings (SSSR count). The van der Waals surface area contributed by atoms with Crippen LogP contribution in [0.2, 0.25) is 0 Å². The van der Waals surface area contributed by atoms with Crippen LogP contribution in [0.4, 0.5) is 0 Å². The van der Waals surface area contributed by atoms with E-state index in [1.807, 2.05) is 60.7 Å². The lowest BCUT2D eigenvalue weighted by Crippen LogP contribution is -2.27. The van der Waals surface area contributed by atoms with Crippen molar-refractivity contribution in [1.82, 2.24) is 0 Å². The van der Waals surface area contributed by atoms with Crippen LogP contribution in [0.1, 0.15) is 11.1 Å². The van der Waals surface area contributed by atoms with Gasteiger partial charge < -0.3 is 0 Å². The fraction of sp³-hybridized carbons (Fsp3) is 0.0714. The van der Waals surface area contributed by atoms with E-state index in [9.17, 15) is 4.79 Å². The maximum Gasteiger partial charge on any atom is 0.227 e. The van der Waals surface area contributed by atoms with E-state index in [0.717, 1.165) is 11.1 Å². The third-order valence-corrected chi connectivity index (χ3v) is 4.05. The first kappa shape index (κ1) is 12.3. The fourth-order valence-electron chi connectivity index (χ4n) is 1.73. The first-order valence-corrected chi connectivity index (χ1v) is 6.32. The highest BCUT2D eigenvalue weighted by Gasteiger charge is 2.38. The Morgan fingerprint density at radius 3 is 1.53 bits per heavy atom. The van der Waals surface area contributed by atoms with Gasteiger partial charge in [-0.25, -0.2) is 0 Å². The first-order valence-electron chi connectivity index (χ1n) is 5.15. The van der Waals surface area contributed by atoms with E-state index in [4.69, 9.17) is 11.6 Å². The summed E-state index contributed by atoms with van der Waals surface area (Å²) in [7, 11) is 0. The van der Waals surface area contributed by atoms with E-state index < -0.39 is 4.87 Å². The van der Waals surface area contributed by atoms with Gasteiger partial charge in [0.15, 0.2) is 4.87 Å². The van der Waals surface area contributed by atoms with E-state index in [0.29, 0.717) is 0 Å². The Labute approximate surface area is 114 Å². The molecule has 1 nitrogen and oxygen atoms in total. The molecule has 0 radical (unpaired) electrons. The zero-order chi connectivity index (χ0) is 12.3. The molecule has 86 valence electrons. The molecule has 0 amide bonds. The fourth-order valence-corrected chi connectivity index (χ4v) is 2.44. The highest BCUT2D eigenvalue weighted by atomic mass is 79.9. The van der Waals surface area contributed by atoms with Gasteiger partial charge in [0.2, 0.25) is 4.69 Å². The lowest BCUT2D eigenvalue weighted by atomic mass is 9.92. The topological polar surface area (TPSA) is 17.1 Å². The Morgan fingerprint density at radius 2 is 1.24 bits per heavy atom. The molecule has 0 aliphatic rings. The SMILES string of the molecule is O=C(Br)C(Cl)(c1ccccc1)c1ccccc1. The van der Waals surface area contributed by atoms with Crippen LogP contribution >= 0.6 is 27.5 Å². The third kappa shape index (κ3) is 2.28. The monoisotopic (exact) mass is 308 g/mol.